The van der Waals surface area contributed by atoms with Crippen LogP contribution in [0.2, 0.25) is 0 Å². The molecule has 2 saturated heterocycles. The number of ether oxygens (including phenoxy) is 4. The second-order valence-corrected chi connectivity index (χ2v) is 13.5. The molecule has 2 fully saturated rings. The molecular formula is C35H48O14. The van der Waals surface area contributed by atoms with Gasteiger partial charge in [0.15, 0.2) is 6.10 Å². The maximum atomic E-state index is 13.0. The molecular weight excluding hydrogens is 644 g/mol. The number of aliphatic hydroxyl groups is 2. The number of carboxylic acids is 3. The van der Waals surface area contributed by atoms with E-state index in [0.717, 1.165) is 18.1 Å². The Labute approximate surface area is 285 Å². The highest BCUT2D eigenvalue weighted by molar-refractivity contribution is 5.98. The number of hydrogen-bond donors (Lipinski definition) is 5. The number of carbonyl (C=O) groups is 5. The summed E-state index contributed by atoms with van der Waals surface area (Å²) < 4.78 is 22.2. The molecule has 0 saturated carbocycles. The number of fused-ring (bicyclic) bond motifs is 2. The average Bonchev–Trinajstić information content (AvgIpc) is 3.25. The van der Waals surface area contributed by atoms with Crippen LogP contribution in [-0.2, 0) is 49.3 Å². The van der Waals surface area contributed by atoms with Crippen LogP contribution >= 0.6 is 0 Å². The molecule has 272 valence electrons. The minimum absolute atomic E-state index is 0.0463. The fourth-order valence-electron chi connectivity index (χ4n) is 6.91. The number of rotatable bonds is 17. The number of carbonyl (C=O) groups excluding carboxylic acids is 2. The standard InChI is InChI=1S/C35H48O14/c1-7-19(2)17-20(3)13-14-25(37)47-28-27(38)33(48-29(30(39)40)34(45,31(41)42)35(28,49-33)32(43)44)16-15-21(4)26(46-23(6)36)22(5)18-24-11-9-8-10-12-24/h8-14,19-22,26-29,38,45H,7,15-18H2,1-6H3,(H,39,40)(H,41,42)(H,43,44)/b14-13+/t19-,20+,21+,22+,26+,27+,28+,29+,33-,34+,35-/m0/s1. The van der Waals surface area contributed by atoms with Crippen molar-refractivity contribution in [3.63, 3.8) is 0 Å². The van der Waals surface area contributed by atoms with Crippen molar-refractivity contribution in [2.75, 3.05) is 0 Å². The molecule has 0 radical (unpaired) electrons. The Morgan fingerprint density at radius 1 is 0.980 bits per heavy atom. The van der Waals surface area contributed by atoms with Crippen molar-refractivity contribution in [3.8, 4) is 0 Å². The molecule has 49 heavy (non-hydrogen) atoms. The largest absolute Gasteiger partial charge is 0.479 e. The van der Waals surface area contributed by atoms with Crippen molar-refractivity contribution in [1.82, 2.24) is 0 Å². The summed E-state index contributed by atoms with van der Waals surface area (Å²) in [6.45, 7) is 10.7. The van der Waals surface area contributed by atoms with E-state index in [2.05, 4.69) is 0 Å². The molecule has 0 amide bonds. The van der Waals surface area contributed by atoms with Gasteiger partial charge in [-0.2, -0.15) is 0 Å². The minimum Gasteiger partial charge on any atom is -0.479 e. The lowest BCUT2D eigenvalue weighted by Crippen LogP contribution is -2.78. The van der Waals surface area contributed by atoms with Crippen LogP contribution < -0.4 is 0 Å². The fourth-order valence-corrected chi connectivity index (χ4v) is 6.91. The van der Waals surface area contributed by atoms with Gasteiger partial charge in [-0.1, -0.05) is 77.4 Å². The van der Waals surface area contributed by atoms with Crippen LogP contribution in [0, 0.1) is 23.7 Å². The van der Waals surface area contributed by atoms with Crippen LogP contribution in [0.3, 0.4) is 0 Å². The predicted molar refractivity (Wildman–Crippen MR) is 171 cm³/mol. The molecule has 0 aliphatic carbocycles. The Morgan fingerprint density at radius 3 is 2.14 bits per heavy atom. The van der Waals surface area contributed by atoms with Crippen molar-refractivity contribution < 1.29 is 68.5 Å². The lowest BCUT2D eigenvalue weighted by Gasteiger charge is -2.48. The molecule has 3 rings (SSSR count). The zero-order chi connectivity index (χ0) is 36.9. The first-order valence-electron chi connectivity index (χ1n) is 16.4. The van der Waals surface area contributed by atoms with Gasteiger partial charge in [-0.25, -0.2) is 19.2 Å². The first-order chi connectivity index (χ1) is 22.9. The van der Waals surface area contributed by atoms with E-state index >= 15 is 0 Å². The van der Waals surface area contributed by atoms with E-state index in [4.69, 9.17) is 18.9 Å². The molecule has 2 heterocycles. The molecule has 0 unspecified atom stereocenters. The highest BCUT2D eigenvalue weighted by Gasteiger charge is 2.85. The molecule has 0 aromatic heterocycles. The summed E-state index contributed by atoms with van der Waals surface area (Å²) in [7, 11) is 0. The molecule has 1 aromatic rings. The molecule has 2 bridgehead atoms. The highest BCUT2D eigenvalue weighted by atomic mass is 16.8. The molecule has 1 aromatic carbocycles. The van der Waals surface area contributed by atoms with Gasteiger partial charge in [0.2, 0.25) is 23.1 Å². The van der Waals surface area contributed by atoms with Crippen LogP contribution in [-0.4, -0.2) is 96.8 Å². The van der Waals surface area contributed by atoms with Gasteiger partial charge in [-0.3, -0.25) is 4.79 Å². The highest BCUT2D eigenvalue weighted by Crippen LogP contribution is 2.56. The predicted octanol–water partition coefficient (Wildman–Crippen LogP) is 2.96. The maximum Gasteiger partial charge on any atom is 0.344 e. The summed E-state index contributed by atoms with van der Waals surface area (Å²) in [6.07, 6.45) is -4.14. The Hall–Kier alpha value is -3.85. The van der Waals surface area contributed by atoms with E-state index in [1.165, 1.54) is 13.0 Å². The molecule has 2 aliphatic rings. The maximum absolute atomic E-state index is 13.0. The zero-order valence-electron chi connectivity index (χ0n) is 28.6. The quantitative estimate of drug-likeness (QED) is 0.117. The van der Waals surface area contributed by atoms with Crippen LogP contribution in [0.4, 0.5) is 0 Å². The van der Waals surface area contributed by atoms with Gasteiger partial charge in [0.1, 0.15) is 12.2 Å². The number of carboxylic acid groups (broad SMARTS) is 3. The summed E-state index contributed by atoms with van der Waals surface area (Å²) in [5, 5.41) is 53.6. The van der Waals surface area contributed by atoms with Gasteiger partial charge in [-0.15, -0.1) is 0 Å². The van der Waals surface area contributed by atoms with E-state index in [1.807, 2.05) is 58.0 Å². The third-order valence-corrected chi connectivity index (χ3v) is 9.65. The summed E-state index contributed by atoms with van der Waals surface area (Å²) in [5.41, 5.74) is -6.43. The van der Waals surface area contributed by atoms with Crippen molar-refractivity contribution in [2.45, 2.75) is 115 Å². The summed E-state index contributed by atoms with van der Waals surface area (Å²) in [4.78, 5) is 63.1. The van der Waals surface area contributed by atoms with Gasteiger partial charge in [0, 0.05) is 19.4 Å². The van der Waals surface area contributed by atoms with E-state index in [0.29, 0.717) is 18.8 Å². The summed E-state index contributed by atoms with van der Waals surface area (Å²) in [6, 6.07) is 9.41. The summed E-state index contributed by atoms with van der Waals surface area (Å²) >= 11 is 0. The van der Waals surface area contributed by atoms with Gasteiger partial charge in [0.25, 0.3) is 0 Å². The Balaban J connectivity index is 2.01. The van der Waals surface area contributed by atoms with E-state index in [1.54, 1.807) is 6.92 Å². The average molecular weight is 693 g/mol. The Kier molecular flexibility index (Phi) is 12.8. The van der Waals surface area contributed by atoms with Crippen LogP contribution in [0.1, 0.15) is 72.8 Å². The van der Waals surface area contributed by atoms with Crippen LogP contribution in [0.5, 0.6) is 0 Å². The summed E-state index contributed by atoms with van der Waals surface area (Å²) in [5.74, 6) is -11.5. The second kappa shape index (κ2) is 15.8. The third kappa shape index (κ3) is 7.98. The molecule has 5 N–H and O–H groups in total. The topological polar surface area (TPSA) is 223 Å². The monoisotopic (exact) mass is 692 g/mol. The van der Waals surface area contributed by atoms with Crippen molar-refractivity contribution in [2.24, 2.45) is 23.7 Å². The molecule has 14 nitrogen and oxygen atoms in total. The number of allylic oxidation sites excluding steroid dienone is 1. The molecule has 11 atom stereocenters. The minimum atomic E-state index is -3.87. The smallest absolute Gasteiger partial charge is 0.344 e. The van der Waals surface area contributed by atoms with Crippen LogP contribution in [0.15, 0.2) is 42.5 Å². The number of esters is 2. The second-order valence-electron chi connectivity index (χ2n) is 13.5. The number of aliphatic hydroxyl groups excluding tert-OH is 1. The number of benzene rings is 1. The third-order valence-electron chi connectivity index (χ3n) is 9.65. The van der Waals surface area contributed by atoms with Gasteiger partial charge >= 0.3 is 29.8 Å². The van der Waals surface area contributed by atoms with Crippen molar-refractivity contribution in [1.29, 1.82) is 0 Å². The normalized spacial score (nSPS) is 30.9. The van der Waals surface area contributed by atoms with E-state index < -0.39 is 83.6 Å². The number of aliphatic carboxylic acids is 3. The molecule has 2 aliphatic heterocycles. The Morgan fingerprint density at radius 2 is 1.61 bits per heavy atom. The zero-order valence-corrected chi connectivity index (χ0v) is 28.6. The molecule has 0 spiro atoms. The van der Waals surface area contributed by atoms with Gasteiger partial charge in [-0.05, 0) is 48.5 Å². The first-order valence-corrected chi connectivity index (χ1v) is 16.4. The lowest BCUT2D eigenvalue weighted by atomic mass is 9.74. The van der Waals surface area contributed by atoms with Crippen LogP contribution in [0.25, 0.3) is 0 Å². The van der Waals surface area contributed by atoms with Gasteiger partial charge < -0.3 is 44.5 Å². The van der Waals surface area contributed by atoms with E-state index in [9.17, 15) is 49.5 Å². The first kappa shape index (κ1) is 39.6. The van der Waals surface area contributed by atoms with Gasteiger partial charge in [0.05, 0.1) is 0 Å². The van der Waals surface area contributed by atoms with Crippen molar-refractivity contribution >= 4 is 29.8 Å². The lowest BCUT2D eigenvalue weighted by molar-refractivity contribution is -0.374. The SMILES string of the molecule is CC[C@H](C)C[C@H](C)/C=C/C(=O)O[C@@H]1[C@@H](O)[C@@]2(CC[C@@H](C)[C@@H](OC(C)=O)[C@H](C)Cc3ccccc3)O[C@H](C(=O)O)[C@@](O)(C(=O)O)[C@]1(C(=O)O)O2. The fraction of sp³-hybridized carbons (Fsp3) is 0.629. The molecule has 14 heteroatoms. The van der Waals surface area contributed by atoms with Crippen molar-refractivity contribution in [3.05, 3.63) is 48.0 Å². The number of hydrogen-bond acceptors (Lipinski definition) is 11. The Bertz CT molecular complexity index is 1400. The van der Waals surface area contributed by atoms with E-state index in [-0.39, 0.29) is 18.3 Å².